The van der Waals surface area contributed by atoms with Crippen molar-refractivity contribution in [2.45, 2.75) is 59.2 Å². The maximum atomic E-state index is 12.1. The van der Waals surface area contributed by atoms with E-state index in [2.05, 4.69) is 44.7 Å². The number of thiazole rings is 1. The number of guanidine groups is 1. The molecule has 1 amide bonds. The van der Waals surface area contributed by atoms with E-state index in [1.54, 1.807) is 18.4 Å². The van der Waals surface area contributed by atoms with Crippen LogP contribution in [0.5, 0.6) is 0 Å². The highest BCUT2D eigenvalue weighted by atomic mass is 32.1. The minimum atomic E-state index is -0.503. The first-order valence-corrected chi connectivity index (χ1v) is 10.8. The van der Waals surface area contributed by atoms with Gasteiger partial charge in [0.1, 0.15) is 5.60 Å². The summed E-state index contributed by atoms with van der Waals surface area (Å²) in [5, 5.41) is 9.38. The zero-order valence-electron chi connectivity index (χ0n) is 19.4. The summed E-state index contributed by atoms with van der Waals surface area (Å²) in [6.45, 7) is 11.2. The van der Waals surface area contributed by atoms with Crippen molar-refractivity contribution in [2.24, 2.45) is 10.9 Å². The van der Waals surface area contributed by atoms with Gasteiger partial charge in [-0.1, -0.05) is 13.8 Å². The average Bonchev–Trinajstić information content (AvgIpc) is 3.06. The third kappa shape index (κ3) is 9.34. The van der Waals surface area contributed by atoms with Crippen LogP contribution in [0.4, 0.5) is 9.93 Å². The first kappa shape index (κ1) is 25.0. The lowest BCUT2D eigenvalue weighted by atomic mass is 10.0. The number of rotatable bonds is 8. The van der Waals surface area contributed by atoms with Crippen molar-refractivity contribution in [3.8, 4) is 0 Å². The van der Waals surface area contributed by atoms with Gasteiger partial charge in [0.2, 0.25) is 0 Å². The maximum Gasteiger partial charge on any atom is 0.407 e. The molecule has 1 unspecified atom stereocenters. The Labute approximate surface area is 179 Å². The Morgan fingerprint density at radius 3 is 2.45 bits per heavy atom. The molecular formula is C20H38N6O2S. The summed E-state index contributed by atoms with van der Waals surface area (Å²) >= 11 is 1.62. The van der Waals surface area contributed by atoms with Gasteiger partial charge in [-0.25, -0.2) is 9.78 Å². The predicted molar refractivity (Wildman–Crippen MR) is 122 cm³/mol. The Morgan fingerprint density at radius 1 is 1.31 bits per heavy atom. The van der Waals surface area contributed by atoms with Crippen molar-refractivity contribution >= 4 is 28.5 Å². The smallest absolute Gasteiger partial charge is 0.407 e. The van der Waals surface area contributed by atoms with Gasteiger partial charge in [-0.05, 0) is 33.1 Å². The van der Waals surface area contributed by atoms with Crippen molar-refractivity contribution in [3.05, 3.63) is 11.1 Å². The molecule has 2 N–H and O–H groups in total. The lowest BCUT2D eigenvalue weighted by Crippen LogP contribution is -2.45. The van der Waals surface area contributed by atoms with E-state index in [-0.39, 0.29) is 12.1 Å². The standard InChI is InChI=1S/C20H38N6O2S/c1-14(2)16(24-19(27)28-20(3,4)5)10-11-26(9)17(21-6)22-12-15-13-29-18(23-15)25(7)8/h13-14,16H,10-12H2,1-9H3,(H,21,22)(H,24,27). The maximum absolute atomic E-state index is 12.1. The van der Waals surface area contributed by atoms with Crippen LogP contribution in [0.15, 0.2) is 10.4 Å². The fraction of sp³-hybridized carbons (Fsp3) is 0.750. The van der Waals surface area contributed by atoms with Gasteiger partial charge in [-0.15, -0.1) is 11.3 Å². The Balaban J connectivity index is 2.56. The molecule has 166 valence electrons. The van der Waals surface area contributed by atoms with Gasteiger partial charge in [-0.2, -0.15) is 0 Å². The van der Waals surface area contributed by atoms with E-state index in [0.29, 0.717) is 12.5 Å². The Hall–Kier alpha value is -2.03. The number of hydrogen-bond acceptors (Lipinski definition) is 6. The van der Waals surface area contributed by atoms with Crippen molar-refractivity contribution < 1.29 is 9.53 Å². The number of carbonyl (C=O) groups is 1. The number of ether oxygens (including phenoxy) is 1. The van der Waals surface area contributed by atoms with Crippen LogP contribution < -0.4 is 15.5 Å². The van der Waals surface area contributed by atoms with Crippen LogP contribution in [-0.4, -0.2) is 68.3 Å². The van der Waals surface area contributed by atoms with E-state index in [0.717, 1.165) is 29.8 Å². The van der Waals surface area contributed by atoms with Crippen molar-refractivity contribution in [2.75, 3.05) is 39.6 Å². The summed E-state index contributed by atoms with van der Waals surface area (Å²) in [7, 11) is 7.73. The van der Waals surface area contributed by atoms with Gasteiger partial charge in [0.05, 0.1) is 12.2 Å². The largest absolute Gasteiger partial charge is 0.444 e. The molecule has 0 aliphatic heterocycles. The molecule has 1 rings (SSSR count). The van der Waals surface area contributed by atoms with E-state index < -0.39 is 5.60 Å². The molecular weight excluding hydrogens is 388 g/mol. The topological polar surface area (TPSA) is 82.1 Å². The van der Waals surface area contributed by atoms with Gasteiger partial charge in [0.25, 0.3) is 0 Å². The SMILES string of the molecule is CN=C(NCc1csc(N(C)C)n1)N(C)CCC(NC(=O)OC(C)(C)C)C(C)C. The van der Waals surface area contributed by atoms with E-state index in [1.807, 2.05) is 46.8 Å². The minimum absolute atomic E-state index is 0.0200. The molecule has 0 radical (unpaired) electrons. The number of aliphatic imine (C=N–C) groups is 1. The quantitative estimate of drug-likeness (QED) is 0.491. The number of hydrogen-bond donors (Lipinski definition) is 2. The van der Waals surface area contributed by atoms with Crippen LogP contribution in [-0.2, 0) is 11.3 Å². The molecule has 0 aromatic carbocycles. The third-order valence-electron chi connectivity index (χ3n) is 4.21. The Morgan fingerprint density at radius 2 is 1.97 bits per heavy atom. The van der Waals surface area contributed by atoms with Crippen molar-refractivity contribution in [3.63, 3.8) is 0 Å². The molecule has 1 aromatic rings. The molecule has 0 saturated heterocycles. The Kier molecular flexibility index (Phi) is 9.68. The molecule has 29 heavy (non-hydrogen) atoms. The van der Waals surface area contributed by atoms with E-state index in [4.69, 9.17) is 4.74 Å². The second kappa shape index (κ2) is 11.2. The highest BCUT2D eigenvalue weighted by Crippen LogP contribution is 2.17. The lowest BCUT2D eigenvalue weighted by Gasteiger charge is -2.28. The van der Waals surface area contributed by atoms with Crippen LogP contribution in [0.25, 0.3) is 0 Å². The lowest BCUT2D eigenvalue weighted by molar-refractivity contribution is 0.0486. The van der Waals surface area contributed by atoms with Gasteiger partial charge in [0.15, 0.2) is 11.1 Å². The monoisotopic (exact) mass is 426 g/mol. The van der Waals surface area contributed by atoms with Crippen molar-refractivity contribution in [1.82, 2.24) is 20.5 Å². The first-order chi connectivity index (χ1) is 13.4. The van der Waals surface area contributed by atoms with Crippen LogP contribution in [0.3, 0.4) is 0 Å². The van der Waals surface area contributed by atoms with E-state index >= 15 is 0 Å². The summed E-state index contributed by atoms with van der Waals surface area (Å²) in [6, 6.07) is 0.0200. The normalized spacial score (nSPS) is 13.2. The van der Waals surface area contributed by atoms with Gasteiger partial charge in [0, 0.05) is 46.2 Å². The fourth-order valence-electron chi connectivity index (χ4n) is 2.61. The highest BCUT2D eigenvalue weighted by Gasteiger charge is 2.22. The molecule has 8 nitrogen and oxygen atoms in total. The van der Waals surface area contributed by atoms with Gasteiger partial charge < -0.3 is 25.2 Å². The molecule has 0 aliphatic carbocycles. The molecule has 0 fully saturated rings. The molecule has 1 aromatic heterocycles. The fourth-order valence-corrected chi connectivity index (χ4v) is 3.37. The molecule has 9 heteroatoms. The van der Waals surface area contributed by atoms with Gasteiger partial charge >= 0.3 is 6.09 Å². The van der Waals surface area contributed by atoms with Gasteiger partial charge in [-0.3, -0.25) is 4.99 Å². The number of carbonyl (C=O) groups excluding carboxylic acids is 1. The summed E-state index contributed by atoms with van der Waals surface area (Å²) in [5.41, 5.74) is 0.483. The molecule has 0 bridgehead atoms. The Bertz CT molecular complexity index is 666. The first-order valence-electron chi connectivity index (χ1n) is 9.96. The number of alkyl carbamates (subject to hydrolysis) is 1. The number of anilines is 1. The number of aromatic nitrogens is 1. The van der Waals surface area contributed by atoms with E-state index in [9.17, 15) is 4.79 Å². The third-order valence-corrected chi connectivity index (χ3v) is 5.26. The predicted octanol–water partition coefficient (Wildman–Crippen LogP) is 3.16. The molecule has 0 aliphatic rings. The second-order valence-electron chi connectivity index (χ2n) is 8.62. The molecule has 0 spiro atoms. The average molecular weight is 427 g/mol. The summed E-state index contributed by atoms with van der Waals surface area (Å²) < 4.78 is 5.39. The van der Waals surface area contributed by atoms with Crippen LogP contribution in [0, 0.1) is 5.92 Å². The zero-order chi connectivity index (χ0) is 22.2. The molecule has 0 saturated carbocycles. The molecule has 1 heterocycles. The second-order valence-corrected chi connectivity index (χ2v) is 9.46. The summed E-state index contributed by atoms with van der Waals surface area (Å²) in [4.78, 5) is 25.1. The number of nitrogens with one attached hydrogen (secondary N) is 2. The van der Waals surface area contributed by atoms with Crippen molar-refractivity contribution in [1.29, 1.82) is 0 Å². The number of nitrogens with zero attached hydrogens (tertiary/aromatic N) is 4. The minimum Gasteiger partial charge on any atom is -0.444 e. The van der Waals surface area contributed by atoms with Crippen LogP contribution in [0.2, 0.25) is 0 Å². The van der Waals surface area contributed by atoms with Crippen LogP contribution in [0.1, 0.15) is 46.7 Å². The number of amides is 1. The highest BCUT2D eigenvalue weighted by molar-refractivity contribution is 7.13. The summed E-state index contributed by atoms with van der Waals surface area (Å²) in [6.07, 6.45) is 0.414. The zero-order valence-corrected chi connectivity index (χ0v) is 20.2. The van der Waals surface area contributed by atoms with Crippen LogP contribution >= 0.6 is 11.3 Å². The van der Waals surface area contributed by atoms with E-state index in [1.165, 1.54) is 0 Å². The molecule has 1 atom stereocenters. The summed E-state index contributed by atoms with van der Waals surface area (Å²) in [5.74, 6) is 1.09.